The molecule has 0 aliphatic heterocycles. The fraction of sp³-hybridized carbons (Fsp3) is 0.158. The second-order valence-corrected chi connectivity index (χ2v) is 6.53. The molecular weight excluding hydrogens is 388 g/mol. The number of halogens is 1. The van der Waals surface area contributed by atoms with E-state index in [1.165, 1.54) is 30.3 Å². The van der Waals surface area contributed by atoms with Crippen molar-refractivity contribution in [2.45, 2.75) is 13.8 Å². The zero-order valence-electron chi connectivity index (χ0n) is 14.9. The fourth-order valence-corrected chi connectivity index (χ4v) is 2.88. The summed E-state index contributed by atoms with van der Waals surface area (Å²) in [4.78, 5) is 33.9. The molecule has 2 aromatic carbocycles. The van der Waals surface area contributed by atoms with Gasteiger partial charge in [-0.25, -0.2) is 4.79 Å². The van der Waals surface area contributed by atoms with Gasteiger partial charge in [-0.1, -0.05) is 11.6 Å². The second kappa shape index (κ2) is 7.69. The third-order valence-corrected chi connectivity index (χ3v) is 4.35. The van der Waals surface area contributed by atoms with E-state index < -0.39 is 16.5 Å². The Balaban J connectivity index is 1.73. The Hall–Kier alpha value is -3.39. The van der Waals surface area contributed by atoms with Gasteiger partial charge in [0.15, 0.2) is 6.61 Å². The average molecular weight is 403 g/mol. The lowest BCUT2D eigenvalue weighted by atomic mass is 10.1. The first-order valence-corrected chi connectivity index (χ1v) is 8.54. The van der Waals surface area contributed by atoms with Crippen molar-refractivity contribution in [2.75, 3.05) is 11.9 Å². The van der Waals surface area contributed by atoms with Crippen LogP contribution in [0.1, 0.15) is 11.1 Å². The summed E-state index contributed by atoms with van der Waals surface area (Å²) in [6.07, 6.45) is 0. The van der Waals surface area contributed by atoms with Gasteiger partial charge in [0.1, 0.15) is 11.3 Å². The maximum Gasteiger partial charge on any atom is 0.336 e. The molecular formula is C19H15ClN2O6. The van der Waals surface area contributed by atoms with Crippen LogP contribution in [0, 0.1) is 24.0 Å². The molecule has 0 unspecified atom stereocenters. The largest absolute Gasteiger partial charge is 0.482 e. The minimum atomic E-state index is -0.510. The maximum atomic E-state index is 12.2. The number of non-ortho nitro benzene ring substituents is 1. The third kappa shape index (κ3) is 4.12. The van der Waals surface area contributed by atoms with Gasteiger partial charge in [0.25, 0.3) is 11.6 Å². The number of nitro groups is 1. The van der Waals surface area contributed by atoms with E-state index in [0.29, 0.717) is 27.8 Å². The molecule has 9 heteroatoms. The summed E-state index contributed by atoms with van der Waals surface area (Å²) in [6, 6.07) is 8.53. The van der Waals surface area contributed by atoms with Crippen LogP contribution < -0.4 is 15.7 Å². The van der Waals surface area contributed by atoms with Crippen LogP contribution >= 0.6 is 11.6 Å². The number of nitro benzene ring substituents is 1. The van der Waals surface area contributed by atoms with E-state index in [0.717, 1.165) is 0 Å². The Morgan fingerprint density at radius 3 is 2.64 bits per heavy atom. The molecule has 8 nitrogen and oxygen atoms in total. The van der Waals surface area contributed by atoms with E-state index in [-0.39, 0.29) is 23.1 Å². The van der Waals surface area contributed by atoms with Gasteiger partial charge in [-0.15, -0.1) is 0 Å². The van der Waals surface area contributed by atoms with E-state index in [1.54, 1.807) is 19.9 Å². The summed E-state index contributed by atoms with van der Waals surface area (Å²) in [5.74, 6) is -0.280. The minimum Gasteiger partial charge on any atom is -0.482 e. The summed E-state index contributed by atoms with van der Waals surface area (Å²) in [7, 11) is 0. The lowest BCUT2D eigenvalue weighted by Gasteiger charge is -2.11. The molecule has 0 radical (unpaired) electrons. The molecule has 1 amide bonds. The van der Waals surface area contributed by atoms with E-state index >= 15 is 0 Å². The van der Waals surface area contributed by atoms with E-state index in [4.69, 9.17) is 20.8 Å². The third-order valence-electron chi connectivity index (χ3n) is 4.06. The number of ether oxygens (including phenoxy) is 1. The van der Waals surface area contributed by atoms with E-state index in [2.05, 4.69) is 5.32 Å². The Labute approximate surface area is 163 Å². The number of hydrogen-bond acceptors (Lipinski definition) is 6. The molecule has 0 saturated heterocycles. The summed E-state index contributed by atoms with van der Waals surface area (Å²) < 4.78 is 10.6. The normalized spacial score (nSPS) is 10.7. The van der Waals surface area contributed by atoms with Crippen LogP contribution in [0.4, 0.5) is 11.4 Å². The number of rotatable bonds is 5. The minimum absolute atomic E-state index is 0.0634. The number of fused-ring (bicyclic) bond motifs is 1. The van der Waals surface area contributed by atoms with Crippen molar-refractivity contribution in [3.8, 4) is 5.75 Å². The number of carbonyl (C=O) groups excluding carboxylic acids is 1. The van der Waals surface area contributed by atoms with Gasteiger partial charge in [0.2, 0.25) is 0 Å². The molecule has 0 saturated carbocycles. The lowest BCUT2D eigenvalue weighted by molar-refractivity contribution is -0.384. The van der Waals surface area contributed by atoms with Gasteiger partial charge >= 0.3 is 5.63 Å². The van der Waals surface area contributed by atoms with Gasteiger partial charge < -0.3 is 14.5 Å². The highest BCUT2D eigenvalue weighted by molar-refractivity contribution is 6.32. The number of nitrogens with one attached hydrogen (secondary N) is 1. The van der Waals surface area contributed by atoms with Crippen LogP contribution in [-0.2, 0) is 4.79 Å². The molecule has 3 aromatic rings. The van der Waals surface area contributed by atoms with Crippen LogP contribution in [0.15, 0.2) is 45.6 Å². The number of nitrogens with zero attached hydrogens (tertiary/aromatic N) is 1. The Kier molecular flexibility index (Phi) is 5.32. The molecule has 0 aliphatic rings. The quantitative estimate of drug-likeness (QED) is 0.392. The van der Waals surface area contributed by atoms with Crippen LogP contribution in [0.5, 0.6) is 5.75 Å². The van der Waals surface area contributed by atoms with Gasteiger partial charge in [-0.05, 0) is 37.1 Å². The number of carbonyl (C=O) groups is 1. The SMILES string of the molecule is Cc1cc([N+](=O)[O-])ccc1NC(=O)COc1cc2oc(=O)cc(C)c2cc1Cl. The summed E-state index contributed by atoms with van der Waals surface area (Å²) in [5.41, 5.74) is 1.44. The zero-order chi connectivity index (χ0) is 20.4. The first-order chi connectivity index (χ1) is 13.2. The van der Waals surface area contributed by atoms with Gasteiger partial charge in [0, 0.05) is 35.3 Å². The zero-order valence-corrected chi connectivity index (χ0v) is 15.7. The average Bonchev–Trinajstić information content (AvgIpc) is 2.62. The van der Waals surface area contributed by atoms with Crippen LogP contribution in [0.2, 0.25) is 5.02 Å². The Morgan fingerprint density at radius 1 is 1.21 bits per heavy atom. The molecule has 144 valence electrons. The number of hydrogen-bond donors (Lipinski definition) is 1. The molecule has 1 heterocycles. The van der Waals surface area contributed by atoms with Crippen molar-refractivity contribution in [3.05, 3.63) is 73.1 Å². The Bertz CT molecular complexity index is 1160. The summed E-state index contributed by atoms with van der Waals surface area (Å²) in [5, 5.41) is 14.3. The summed E-state index contributed by atoms with van der Waals surface area (Å²) in [6.45, 7) is 3.06. The van der Waals surface area contributed by atoms with Crippen molar-refractivity contribution in [1.82, 2.24) is 0 Å². The van der Waals surface area contributed by atoms with E-state index in [9.17, 15) is 19.7 Å². The molecule has 1 aromatic heterocycles. The molecule has 3 rings (SSSR count). The fourth-order valence-electron chi connectivity index (χ4n) is 2.66. The maximum absolute atomic E-state index is 12.2. The molecule has 0 atom stereocenters. The van der Waals surface area contributed by atoms with Crippen molar-refractivity contribution in [3.63, 3.8) is 0 Å². The lowest BCUT2D eigenvalue weighted by Crippen LogP contribution is -2.20. The standard InChI is InChI=1S/C19H15ClN2O6/c1-10-6-19(24)28-16-8-17(14(20)7-13(10)16)27-9-18(23)21-15-4-3-12(22(25)26)5-11(15)2/h3-8H,9H2,1-2H3,(H,21,23). The van der Waals surface area contributed by atoms with Crippen LogP contribution in [0.3, 0.4) is 0 Å². The number of anilines is 1. The predicted molar refractivity (Wildman–Crippen MR) is 104 cm³/mol. The first-order valence-electron chi connectivity index (χ1n) is 8.16. The molecule has 0 aliphatic carbocycles. The highest BCUT2D eigenvalue weighted by Gasteiger charge is 2.13. The van der Waals surface area contributed by atoms with E-state index in [1.807, 2.05) is 0 Å². The second-order valence-electron chi connectivity index (χ2n) is 6.12. The highest BCUT2D eigenvalue weighted by Crippen LogP contribution is 2.31. The molecule has 28 heavy (non-hydrogen) atoms. The monoisotopic (exact) mass is 402 g/mol. The topological polar surface area (TPSA) is 112 Å². The van der Waals surface area contributed by atoms with Gasteiger partial charge in [-0.2, -0.15) is 0 Å². The molecule has 0 fully saturated rings. The van der Waals surface area contributed by atoms with Crippen molar-refractivity contribution < 1.29 is 18.9 Å². The van der Waals surface area contributed by atoms with Crippen molar-refractivity contribution >= 4 is 39.9 Å². The number of aryl methyl sites for hydroxylation is 2. The van der Waals surface area contributed by atoms with Crippen molar-refractivity contribution in [1.29, 1.82) is 0 Å². The molecule has 0 spiro atoms. The number of amides is 1. The smallest absolute Gasteiger partial charge is 0.336 e. The molecule has 1 N–H and O–H groups in total. The molecule has 0 bridgehead atoms. The van der Waals surface area contributed by atoms with Gasteiger partial charge in [0.05, 0.1) is 9.95 Å². The summed E-state index contributed by atoms with van der Waals surface area (Å²) >= 11 is 6.19. The van der Waals surface area contributed by atoms with Crippen LogP contribution in [-0.4, -0.2) is 17.4 Å². The van der Waals surface area contributed by atoms with Crippen LogP contribution in [0.25, 0.3) is 11.0 Å². The number of benzene rings is 2. The highest BCUT2D eigenvalue weighted by atomic mass is 35.5. The van der Waals surface area contributed by atoms with Gasteiger partial charge in [-0.3, -0.25) is 14.9 Å². The van der Waals surface area contributed by atoms with Crippen molar-refractivity contribution in [2.24, 2.45) is 0 Å². The first kappa shape index (κ1) is 19.4. The Morgan fingerprint density at radius 2 is 1.96 bits per heavy atom. The predicted octanol–water partition coefficient (Wildman–Crippen LogP) is 3.99.